The van der Waals surface area contributed by atoms with Crippen molar-refractivity contribution in [1.82, 2.24) is 10.2 Å². The van der Waals surface area contributed by atoms with Crippen LogP contribution in [0.3, 0.4) is 0 Å². The Morgan fingerprint density at radius 3 is 2.15 bits per heavy atom. The summed E-state index contributed by atoms with van der Waals surface area (Å²) in [5.41, 5.74) is 0.205. The van der Waals surface area contributed by atoms with Crippen LogP contribution in [-0.4, -0.2) is 35.8 Å². The van der Waals surface area contributed by atoms with Crippen molar-refractivity contribution in [3.8, 4) is 0 Å². The number of benzene rings is 1. The van der Waals surface area contributed by atoms with Crippen molar-refractivity contribution in [2.45, 2.75) is 111 Å². The first-order valence-corrected chi connectivity index (χ1v) is 13.2. The van der Waals surface area contributed by atoms with E-state index >= 15 is 0 Å². The smallest absolute Gasteiger partial charge is 0.234 e. The number of carbonyl (C=O) groups is 2. The van der Waals surface area contributed by atoms with Gasteiger partial charge in [0.1, 0.15) is 11.6 Å². The summed E-state index contributed by atoms with van der Waals surface area (Å²) in [5, 5.41) is 2.09. The molecule has 0 spiro atoms. The van der Waals surface area contributed by atoms with Crippen LogP contribution in [0.1, 0.15) is 109 Å². The minimum atomic E-state index is -0.923. The number of aryl methyl sites for hydroxylation is 1. The highest BCUT2D eigenvalue weighted by Crippen LogP contribution is 2.29. The number of hydrogen-bond donors (Lipinski definition) is 1. The van der Waals surface area contributed by atoms with Gasteiger partial charge in [-0.05, 0) is 82.2 Å². The summed E-state index contributed by atoms with van der Waals surface area (Å²) in [4.78, 5) is 25.2. The molecular weight excluding hydrogens is 434 g/mol. The monoisotopic (exact) mass is 480 g/mol. The number of imide groups is 1. The lowest BCUT2D eigenvalue weighted by Gasteiger charge is -2.31. The lowest BCUT2D eigenvalue weighted by atomic mass is 9.89. The topological polar surface area (TPSA) is 49.4 Å². The molecule has 0 aliphatic carbocycles. The number of carbonyl (C=O) groups excluding carboxylic acids is 2. The van der Waals surface area contributed by atoms with E-state index in [1.807, 2.05) is 0 Å². The molecule has 3 atom stereocenters. The minimum absolute atomic E-state index is 0.100. The fraction of sp³-hybridized carbons (Fsp3) is 0.714. The van der Waals surface area contributed by atoms with Gasteiger partial charge >= 0.3 is 0 Å². The summed E-state index contributed by atoms with van der Waals surface area (Å²) in [6.45, 7) is 15.8. The Labute approximate surface area is 205 Å². The van der Waals surface area contributed by atoms with E-state index in [4.69, 9.17) is 0 Å². The average Bonchev–Trinajstić information content (AvgIpc) is 2.78. The van der Waals surface area contributed by atoms with Gasteiger partial charge in [0, 0.05) is 18.0 Å². The van der Waals surface area contributed by atoms with Gasteiger partial charge in [0.25, 0.3) is 0 Å². The number of unbranched alkanes of at least 4 members (excludes halogenated alkanes) is 1. The second-order valence-corrected chi connectivity index (χ2v) is 9.69. The Hall–Kier alpha value is -1.82. The Morgan fingerprint density at radius 2 is 1.65 bits per heavy atom. The third-order valence-corrected chi connectivity index (χ3v) is 6.80. The van der Waals surface area contributed by atoms with Gasteiger partial charge in [-0.25, -0.2) is 8.78 Å². The lowest BCUT2D eigenvalue weighted by molar-refractivity contribution is -0.134. The number of nitrogens with one attached hydrogen (secondary N) is 1. The second-order valence-electron chi connectivity index (χ2n) is 9.69. The summed E-state index contributed by atoms with van der Waals surface area (Å²) >= 11 is 0. The fourth-order valence-corrected chi connectivity index (χ4v) is 4.46. The molecule has 1 aliphatic rings. The number of halogens is 2. The van der Waals surface area contributed by atoms with Gasteiger partial charge in [-0.3, -0.25) is 14.9 Å². The summed E-state index contributed by atoms with van der Waals surface area (Å²) in [6, 6.07) is 3.19. The van der Waals surface area contributed by atoms with Crippen LogP contribution in [0.15, 0.2) is 12.1 Å². The molecule has 1 aromatic carbocycles. The molecule has 1 saturated heterocycles. The number of piperidine rings is 1. The molecular formula is C28H46F2N2O2. The average molecular weight is 481 g/mol. The van der Waals surface area contributed by atoms with Gasteiger partial charge in [0.05, 0.1) is 5.92 Å². The Morgan fingerprint density at radius 1 is 1.00 bits per heavy atom. The number of hydrogen-bond acceptors (Lipinski definition) is 3. The highest BCUT2D eigenvalue weighted by molar-refractivity contribution is 6.00. The van der Waals surface area contributed by atoms with Crippen LogP contribution in [0.25, 0.3) is 0 Å². The Balaban J connectivity index is 0.000000340. The van der Waals surface area contributed by atoms with Crippen molar-refractivity contribution in [3.05, 3.63) is 34.9 Å². The highest BCUT2D eigenvalue weighted by Gasteiger charge is 2.32. The molecule has 0 radical (unpaired) electrons. The second kappa shape index (κ2) is 16.0. The maximum absolute atomic E-state index is 13.7. The molecule has 194 valence electrons. The molecule has 1 aromatic rings. The summed E-state index contributed by atoms with van der Waals surface area (Å²) in [6.07, 6.45) is 9.67. The van der Waals surface area contributed by atoms with E-state index in [2.05, 4.69) is 44.8 Å². The van der Waals surface area contributed by atoms with Gasteiger partial charge in [0.2, 0.25) is 11.8 Å². The number of rotatable bonds is 12. The summed E-state index contributed by atoms with van der Waals surface area (Å²) in [5.74, 6) is -2.54. The summed E-state index contributed by atoms with van der Waals surface area (Å²) in [7, 11) is 0. The van der Waals surface area contributed by atoms with Crippen molar-refractivity contribution in [2.75, 3.05) is 13.1 Å². The van der Waals surface area contributed by atoms with Crippen molar-refractivity contribution in [1.29, 1.82) is 0 Å². The van der Waals surface area contributed by atoms with Crippen LogP contribution in [0, 0.1) is 24.5 Å². The molecule has 6 heteroatoms. The molecule has 4 nitrogen and oxygen atoms in total. The summed E-state index contributed by atoms with van der Waals surface area (Å²) < 4.78 is 27.3. The molecule has 2 amide bonds. The molecule has 0 bridgehead atoms. The van der Waals surface area contributed by atoms with Crippen molar-refractivity contribution >= 4 is 11.8 Å². The van der Waals surface area contributed by atoms with Crippen LogP contribution < -0.4 is 5.32 Å². The quantitative estimate of drug-likeness (QED) is 0.331. The first-order valence-electron chi connectivity index (χ1n) is 13.2. The molecule has 1 aliphatic heterocycles. The number of amides is 2. The predicted molar refractivity (Wildman–Crippen MR) is 136 cm³/mol. The molecule has 34 heavy (non-hydrogen) atoms. The SMILES string of the molecule is CCCCN(CCC)C(CC)CCC(C)CC.Cc1cc(F)c(C2CCC(=O)NC2=O)c(F)c1. The van der Waals surface area contributed by atoms with Crippen molar-refractivity contribution in [3.63, 3.8) is 0 Å². The van der Waals surface area contributed by atoms with Crippen LogP contribution in [0.5, 0.6) is 0 Å². The van der Waals surface area contributed by atoms with E-state index in [9.17, 15) is 18.4 Å². The zero-order valence-electron chi connectivity index (χ0n) is 22.2. The zero-order chi connectivity index (χ0) is 25.7. The zero-order valence-corrected chi connectivity index (χ0v) is 22.2. The van der Waals surface area contributed by atoms with Gasteiger partial charge < -0.3 is 4.90 Å². The van der Waals surface area contributed by atoms with Gasteiger partial charge in [-0.1, -0.05) is 47.5 Å². The normalized spacial score (nSPS) is 17.7. The van der Waals surface area contributed by atoms with Crippen LogP contribution in [0.4, 0.5) is 8.78 Å². The first kappa shape index (κ1) is 30.2. The van der Waals surface area contributed by atoms with Crippen LogP contribution in [0.2, 0.25) is 0 Å². The largest absolute Gasteiger partial charge is 0.300 e. The number of nitrogens with zero attached hydrogens (tertiary/aromatic N) is 1. The van der Waals surface area contributed by atoms with Gasteiger partial charge in [0.15, 0.2) is 0 Å². The molecule has 0 aromatic heterocycles. The molecule has 2 rings (SSSR count). The van der Waals surface area contributed by atoms with E-state index in [1.54, 1.807) is 6.92 Å². The third-order valence-electron chi connectivity index (χ3n) is 6.80. The van der Waals surface area contributed by atoms with Crippen LogP contribution >= 0.6 is 0 Å². The molecule has 1 N–H and O–H groups in total. The molecule has 0 saturated carbocycles. The van der Waals surface area contributed by atoms with E-state index < -0.39 is 29.4 Å². The van der Waals surface area contributed by atoms with E-state index in [0.29, 0.717) is 5.56 Å². The predicted octanol–water partition coefficient (Wildman–Crippen LogP) is 6.90. The standard InChI is InChI=1S/C16H35N.C12H11F2NO2/c1-6-10-14-17(13-7-2)16(9-4)12-11-15(5)8-3;1-6-4-8(13)11(9(14)5-6)7-2-3-10(16)15-12(7)17/h15-16H,6-14H2,1-5H3;4-5,7H,2-3H2,1H3,(H,15,16,17). The third kappa shape index (κ3) is 9.81. The van der Waals surface area contributed by atoms with Crippen LogP contribution in [-0.2, 0) is 9.59 Å². The Bertz CT molecular complexity index is 746. The Kier molecular flexibility index (Phi) is 14.2. The molecule has 1 heterocycles. The van der Waals surface area contributed by atoms with Crippen molar-refractivity contribution < 1.29 is 18.4 Å². The highest BCUT2D eigenvalue weighted by atomic mass is 19.1. The maximum Gasteiger partial charge on any atom is 0.234 e. The lowest BCUT2D eigenvalue weighted by Crippen LogP contribution is -2.40. The van der Waals surface area contributed by atoms with E-state index in [0.717, 1.165) is 12.0 Å². The van der Waals surface area contributed by atoms with E-state index in [1.165, 1.54) is 70.2 Å². The molecule has 3 unspecified atom stereocenters. The van der Waals surface area contributed by atoms with Gasteiger partial charge in [-0.2, -0.15) is 0 Å². The fourth-order valence-electron chi connectivity index (χ4n) is 4.46. The maximum atomic E-state index is 13.7. The molecule has 1 fully saturated rings. The van der Waals surface area contributed by atoms with Gasteiger partial charge in [-0.15, -0.1) is 0 Å². The first-order chi connectivity index (χ1) is 16.2. The van der Waals surface area contributed by atoms with E-state index in [-0.39, 0.29) is 18.4 Å². The minimum Gasteiger partial charge on any atom is -0.300 e. The van der Waals surface area contributed by atoms with Crippen molar-refractivity contribution in [2.24, 2.45) is 5.92 Å².